The van der Waals surface area contributed by atoms with E-state index in [2.05, 4.69) is 4.99 Å². The summed E-state index contributed by atoms with van der Waals surface area (Å²) in [6.07, 6.45) is 2.04. The van der Waals surface area contributed by atoms with Gasteiger partial charge in [0.05, 0.1) is 11.5 Å². The Labute approximate surface area is 118 Å². The van der Waals surface area contributed by atoms with Crippen molar-refractivity contribution < 1.29 is 4.79 Å². The molecule has 0 aromatic heterocycles. The lowest BCUT2D eigenvalue weighted by molar-refractivity contribution is -0.134. The first-order chi connectivity index (χ1) is 9.43. The quantitative estimate of drug-likeness (QED) is 0.799. The number of amides is 1. The van der Waals surface area contributed by atoms with Crippen molar-refractivity contribution in [2.24, 2.45) is 16.6 Å². The molecule has 1 saturated carbocycles. The van der Waals surface area contributed by atoms with E-state index in [0.717, 1.165) is 18.4 Å². The van der Waals surface area contributed by atoms with Crippen LogP contribution in [-0.2, 0) is 10.3 Å². The molecule has 1 amide bonds. The third-order valence-corrected chi connectivity index (χ3v) is 4.43. The summed E-state index contributed by atoms with van der Waals surface area (Å²) < 4.78 is 0. The molecule has 2 aliphatic rings. The van der Waals surface area contributed by atoms with E-state index in [-0.39, 0.29) is 17.9 Å². The summed E-state index contributed by atoms with van der Waals surface area (Å²) in [5.74, 6) is 0.141. The van der Waals surface area contributed by atoms with Crippen LogP contribution in [0.4, 0.5) is 5.69 Å². The molecule has 20 heavy (non-hydrogen) atoms. The molecule has 1 aliphatic heterocycles. The van der Waals surface area contributed by atoms with E-state index >= 15 is 0 Å². The minimum absolute atomic E-state index is 0.0601. The van der Waals surface area contributed by atoms with Crippen LogP contribution >= 0.6 is 0 Å². The molecule has 1 fully saturated rings. The smallest absolute Gasteiger partial charge is 0.235 e. The molecule has 4 N–H and O–H groups in total. The number of rotatable bonds is 2. The van der Waals surface area contributed by atoms with Crippen molar-refractivity contribution in [3.8, 4) is 0 Å². The van der Waals surface area contributed by atoms with Crippen molar-refractivity contribution >= 4 is 17.6 Å². The van der Waals surface area contributed by atoms with Gasteiger partial charge in [-0.2, -0.15) is 0 Å². The second-order valence-electron chi connectivity index (χ2n) is 5.90. The minimum atomic E-state index is -0.651. The fraction of sp³-hybridized carbons (Fsp3) is 0.467. The Morgan fingerprint density at radius 2 is 2.05 bits per heavy atom. The Bertz CT molecular complexity index is 593. The third-order valence-electron chi connectivity index (χ3n) is 4.43. The van der Waals surface area contributed by atoms with E-state index in [0.29, 0.717) is 11.6 Å². The van der Waals surface area contributed by atoms with Crippen LogP contribution in [0.5, 0.6) is 0 Å². The number of nitrogens with two attached hydrogens (primary N) is 2. The Kier molecular flexibility index (Phi) is 2.74. The molecule has 2 atom stereocenters. The second kappa shape index (κ2) is 4.23. The monoisotopic (exact) mass is 272 g/mol. The maximum absolute atomic E-state index is 12.6. The van der Waals surface area contributed by atoms with Gasteiger partial charge in [0.25, 0.3) is 0 Å². The molecular weight excluding hydrogens is 252 g/mol. The van der Waals surface area contributed by atoms with E-state index in [4.69, 9.17) is 11.5 Å². The van der Waals surface area contributed by atoms with Gasteiger partial charge in [0.15, 0.2) is 5.96 Å². The Balaban J connectivity index is 2.06. The predicted octanol–water partition coefficient (Wildman–Crippen LogP) is 1.44. The van der Waals surface area contributed by atoms with Gasteiger partial charge in [-0.15, -0.1) is 0 Å². The first-order valence-corrected chi connectivity index (χ1v) is 6.98. The number of anilines is 1. The largest absolute Gasteiger partial charge is 0.399 e. The summed E-state index contributed by atoms with van der Waals surface area (Å²) in [5.41, 5.74) is 12.8. The van der Waals surface area contributed by atoms with Crippen molar-refractivity contribution in [3.63, 3.8) is 0 Å². The molecule has 1 aliphatic carbocycles. The fourth-order valence-electron chi connectivity index (χ4n) is 2.82. The maximum atomic E-state index is 12.6. The van der Waals surface area contributed by atoms with Crippen LogP contribution in [0.3, 0.4) is 0 Å². The standard InChI is InChI=1S/C15H20N4O/c1-9-13(20)19(12-6-7-12)14(17)18-15(9,2)10-4-3-5-11(16)8-10/h3-5,8-9,12H,6-7,16H2,1-2H3,(H2,17,18)/t9-,15?/m1/s1. The highest BCUT2D eigenvalue weighted by Crippen LogP contribution is 2.41. The van der Waals surface area contributed by atoms with Crippen LogP contribution < -0.4 is 11.5 Å². The first kappa shape index (κ1) is 13.0. The fourth-order valence-corrected chi connectivity index (χ4v) is 2.82. The van der Waals surface area contributed by atoms with Gasteiger partial charge in [-0.05, 0) is 37.5 Å². The zero-order valence-corrected chi connectivity index (χ0v) is 11.8. The van der Waals surface area contributed by atoms with Gasteiger partial charge >= 0.3 is 0 Å². The highest BCUT2D eigenvalue weighted by molar-refractivity contribution is 6.01. The van der Waals surface area contributed by atoms with Crippen molar-refractivity contribution in [2.75, 3.05) is 5.73 Å². The third kappa shape index (κ3) is 1.85. The highest BCUT2D eigenvalue weighted by atomic mass is 16.2. The number of carbonyl (C=O) groups excluding carboxylic acids is 1. The van der Waals surface area contributed by atoms with Gasteiger partial charge in [0, 0.05) is 11.7 Å². The summed E-state index contributed by atoms with van der Waals surface area (Å²) in [4.78, 5) is 18.9. The summed E-state index contributed by atoms with van der Waals surface area (Å²) >= 11 is 0. The number of aliphatic imine (C=N–C) groups is 1. The number of nitrogen functional groups attached to an aromatic ring is 1. The molecule has 3 rings (SSSR count). The SMILES string of the molecule is C[C@@H]1C(=O)N(C2CC2)C(N)=NC1(C)c1cccc(N)c1. The molecular formula is C15H20N4O. The number of carbonyl (C=O) groups is 1. The Morgan fingerprint density at radius 1 is 1.35 bits per heavy atom. The molecule has 1 heterocycles. The van der Waals surface area contributed by atoms with Gasteiger partial charge in [-0.25, -0.2) is 4.99 Å². The average molecular weight is 272 g/mol. The van der Waals surface area contributed by atoms with Crippen molar-refractivity contribution in [1.29, 1.82) is 0 Å². The molecule has 0 radical (unpaired) electrons. The van der Waals surface area contributed by atoms with Crippen LogP contribution in [0.15, 0.2) is 29.3 Å². The number of nitrogens with zero attached hydrogens (tertiary/aromatic N) is 2. The minimum Gasteiger partial charge on any atom is -0.399 e. The molecule has 5 heteroatoms. The molecule has 106 valence electrons. The molecule has 1 unspecified atom stereocenters. The van der Waals surface area contributed by atoms with E-state index in [1.165, 1.54) is 0 Å². The van der Waals surface area contributed by atoms with Crippen molar-refractivity contribution in [1.82, 2.24) is 4.90 Å². The molecule has 1 aromatic rings. The number of hydrogen-bond donors (Lipinski definition) is 2. The maximum Gasteiger partial charge on any atom is 0.235 e. The zero-order chi connectivity index (χ0) is 14.5. The van der Waals surface area contributed by atoms with Crippen molar-refractivity contribution in [3.05, 3.63) is 29.8 Å². The lowest BCUT2D eigenvalue weighted by Gasteiger charge is -2.40. The van der Waals surface area contributed by atoms with Gasteiger partial charge in [-0.1, -0.05) is 19.1 Å². The van der Waals surface area contributed by atoms with Gasteiger partial charge < -0.3 is 11.5 Å². The number of hydrogen-bond acceptors (Lipinski definition) is 4. The molecule has 1 aromatic carbocycles. The second-order valence-corrected chi connectivity index (χ2v) is 5.90. The molecule has 0 spiro atoms. The van der Waals surface area contributed by atoms with Gasteiger partial charge in [-0.3, -0.25) is 9.69 Å². The van der Waals surface area contributed by atoms with Crippen LogP contribution in [0.1, 0.15) is 32.3 Å². The van der Waals surface area contributed by atoms with Crippen LogP contribution in [0.2, 0.25) is 0 Å². The van der Waals surface area contributed by atoms with E-state index in [1.807, 2.05) is 38.1 Å². The normalized spacial score (nSPS) is 30.3. The first-order valence-electron chi connectivity index (χ1n) is 6.98. The van der Waals surface area contributed by atoms with Crippen molar-refractivity contribution in [2.45, 2.75) is 38.3 Å². The Hall–Kier alpha value is -2.04. The summed E-state index contributed by atoms with van der Waals surface area (Å²) in [6, 6.07) is 7.77. The molecule has 0 saturated heterocycles. The number of guanidine groups is 1. The van der Waals surface area contributed by atoms with E-state index < -0.39 is 5.54 Å². The van der Waals surface area contributed by atoms with Crippen LogP contribution in [0.25, 0.3) is 0 Å². The lowest BCUT2D eigenvalue weighted by Crippen LogP contribution is -2.55. The van der Waals surface area contributed by atoms with E-state index in [1.54, 1.807) is 4.90 Å². The van der Waals surface area contributed by atoms with Crippen LogP contribution in [-0.4, -0.2) is 22.8 Å². The van der Waals surface area contributed by atoms with Gasteiger partial charge in [0.2, 0.25) is 5.91 Å². The molecule has 0 bridgehead atoms. The predicted molar refractivity (Wildman–Crippen MR) is 78.9 cm³/mol. The molecule has 5 nitrogen and oxygen atoms in total. The van der Waals surface area contributed by atoms with Gasteiger partial charge in [0.1, 0.15) is 0 Å². The zero-order valence-electron chi connectivity index (χ0n) is 11.8. The summed E-state index contributed by atoms with van der Waals surface area (Å²) in [7, 11) is 0. The topological polar surface area (TPSA) is 84.7 Å². The lowest BCUT2D eigenvalue weighted by atomic mass is 9.79. The van der Waals surface area contributed by atoms with E-state index in [9.17, 15) is 4.79 Å². The number of benzene rings is 1. The highest BCUT2D eigenvalue weighted by Gasteiger charge is 2.48. The summed E-state index contributed by atoms with van der Waals surface area (Å²) in [6.45, 7) is 3.86. The Morgan fingerprint density at radius 3 is 2.65 bits per heavy atom. The summed E-state index contributed by atoms with van der Waals surface area (Å²) in [5, 5.41) is 0. The van der Waals surface area contributed by atoms with Crippen LogP contribution in [0, 0.1) is 5.92 Å². The average Bonchev–Trinajstić information content (AvgIpc) is 3.21.